The van der Waals surface area contributed by atoms with Crippen molar-refractivity contribution in [1.82, 2.24) is 15.3 Å². The van der Waals surface area contributed by atoms with Crippen molar-refractivity contribution in [3.05, 3.63) is 46.1 Å². The van der Waals surface area contributed by atoms with E-state index in [1.54, 1.807) is 0 Å². The maximum absolute atomic E-state index is 12.7. The molecule has 3 heterocycles. The van der Waals surface area contributed by atoms with Gasteiger partial charge in [0, 0.05) is 30.1 Å². The molecule has 2 N–H and O–H groups in total. The highest BCUT2D eigenvalue weighted by Crippen LogP contribution is 2.32. The molecule has 0 spiro atoms. The number of carbonyl (C=O) groups is 1. The average molecular weight is 395 g/mol. The van der Waals surface area contributed by atoms with E-state index in [0.717, 1.165) is 48.9 Å². The number of nitrogens with zero attached hydrogens (tertiary/aromatic N) is 2. The summed E-state index contributed by atoms with van der Waals surface area (Å²) in [7, 11) is 0. The first-order valence-electron chi connectivity index (χ1n) is 9.81. The number of benzene rings is 1. The molecule has 1 aliphatic carbocycles. The van der Waals surface area contributed by atoms with Gasteiger partial charge < -0.3 is 10.2 Å². The Hall–Kier alpha value is -2.67. The number of hydrogen-bond acceptors (Lipinski definition) is 5. The summed E-state index contributed by atoms with van der Waals surface area (Å²) in [5.74, 6) is 0.652. The van der Waals surface area contributed by atoms with Crippen molar-refractivity contribution >= 4 is 33.4 Å². The van der Waals surface area contributed by atoms with E-state index in [2.05, 4.69) is 10.3 Å². The quantitative estimate of drug-likeness (QED) is 0.713. The zero-order valence-electron chi connectivity index (χ0n) is 15.5. The molecule has 3 aromatic rings. The Kier molecular flexibility index (Phi) is 4.39. The van der Waals surface area contributed by atoms with Crippen molar-refractivity contribution < 1.29 is 4.79 Å². The van der Waals surface area contributed by atoms with Gasteiger partial charge in [0.25, 0.3) is 5.56 Å². The summed E-state index contributed by atoms with van der Waals surface area (Å²) in [5, 5.41) is 5.10. The van der Waals surface area contributed by atoms with E-state index in [1.807, 2.05) is 40.6 Å². The minimum atomic E-state index is -0.114. The van der Waals surface area contributed by atoms with Crippen LogP contribution in [0.5, 0.6) is 0 Å². The zero-order chi connectivity index (χ0) is 19.1. The number of aromatic amines is 1. The van der Waals surface area contributed by atoms with Crippen LogP contribution in [0.3, 0.4) is 0 Å². The van der Waals surface area contributed by atoms with Crippen LogP contribution >= 0.6 is 11.3 Å². The third-order valence-corrected chi connectivity index (χ3v) is 6.48. The number of anilines is 1. The summed E-state index contributed by atoms with van der Waals surface area (Å²) < 4.78 is 0.641. The first kappa shape index (κ1) is 17.4. The molecule has 0 radical (unpaired) electrons. The SMILES string of the molecule is O=C(NC1CC1)[C@@H]1CCCN(c2nc3c(-c4ccccc4)csc3c(=O)[nH]2)C1. The van der Waals surface area contributed by atoms with Crippen LogP contribution in [-0.4, -0.2) is 35.0 Å². The summed E-state index contributed by atoms with van der Waals surface area (Å²) >= 11 is 1.42. The van der Waals surface area contributed by atoms with Gasteiger partial charge in [-0.15, -0.1) is 11.3 Å². The van der Waals surface area contributed by atoms with E-state index in [4.69, 9.17) is 4.98 Å². The van der Waals surface area contributed by atoms with Crippen molar-refractivity contribution in [1.29, 1.82) is 0 Å². The number of H-pyrrole nitrogens is 1. The van der Waals surface area contributed by atoms with E-state index < -0.39 is 0 Å². The molecule has 1 aromatic carbocycles. The van der Waals surface area contributed by atoms with Gasteiger partial charge in [0.2, 0.25) is 11.9 Å². The Balaban J connectivity index is 1.47. The highest BCUT2D eigenvalue weighted by molar-refractivity contribution is 7.17. The predicted molar refractivity (Wildman–Crippen MR) is 112 cm³/mol. The van der Waals surface area contributed by atoms with Gasteiger partial charge in [0.15, 0.2) is 0 Å². The minimum Gasteiger partial charge on any atom is -0.353 e. The van der Waals surface area contributed by atoms with E-state index in [0.29, 0.717) is 23.2 Å². The number of hydrogen-bond donors (Lipinski definition) is 2. The monoisotopic (exact) mass is 394 g/mol. The van der Waals surface area contributed by atoms with E-state index in [-0.39, 0.29) is 17.4 Å². The van der Waals surface area contributed by atoms with Crippen molar-refractivity contribution in [2.24, 2.45) is 5.92 Å². The van der Waals surface area contributed by atoms with Gasteiger partial charge >= 0.3 is 0 Å². The molecule has 1 saturated carbocycles. The molecule has 0 unspecified atom stereocenters. The van der Waals surface area contributed by atoms with Gasteiger partial charge in [-0.05, 0) is 31.2 Å². The second-order valence-corrected chi connectivity index (χ2v) is 8.53. The van der Waals surface area contributed by atoms with Gasteiger partial charge in [0.05, 0.1) is 11.4 Å². The lowest BCUT2D eigenvalue weighted by Gasteiger charge is -2.32. The molecular weight excluding hydrogens is 372 g/mol. The zero-order valence-corrected chi connectivity index (χ0v) is 16.3. The standard InChI is InChI=1S/C21H22N4O2S/c26-19(22-15-8-9-15)14-7-4-10-25(11-14)21-23-17-16(13-5-2-1-3-6-13)12-28-18(17)20(27)24-21/h1-3,5-6,12,14-15H,4,7-11H2,(H,22,26)(H,23,24,27)/t14-/m1/s1. The van der Waals surface area contributed by atoms with Crippen molar-refractivity contribution in [3.8, 4) is 11.1 Å². The maximum Gasteiger partial charge on any atom is 0.270 e. The van der Waals surface area contributed by atoms with Crippen LogP contribution in [0.2, 0.25) is 0 Å². The molecule has 1 saturated heterocycles. The van der Waals surface area contributed by atoms with Gasteiger partial charge in [-0.2, -0.15) is 0 Å². The lowest BCUT2D eigenvalue weighted by Crippen LogP contribution is -2.44. The number of fused-ring (bicyclic) bond motifs is 1. The number of piperidine rings is 1. The normalized spacial score (nSPS) is 19.7. The van der Waals surface area contributed by atoms with E-state index in [9.17, 15) is 9.59 Å². The molecule has 1 atom stereocenters. The van der Waals surface area contributed by atoms with Gasteiger partial charge in [-0.3, -0.25) is 14.6 Å². The smallest absolute Gasteiger partial charge is 0.270 e. The highest BCUT2D eigenvalue weighted by atomic mass is 32.1. The summed E-state index contributed by atoms with van der Waals surface area (Å²) in [4.78, 5) is 34.9. The molecule has 7 heteroatoms. The van der Waals surface area contributed by atoms with Crippen LogP contribution in [0, 0.1) is 5.92 Å². The third-order valence-electron chi connectivity index (χ3n) is 5.51. The Labute approximate surface area is 166 Å². The van der Waals surface area contributed by atoms with Gasteiger partial charge in [-0.1, -0.05) is 30.3 Å². The fourth-order valence-electron chi connectivity index (χ4n) is 3.82. The first-order valence-corrected chi connectivity index (χ1v) is 10.7. The second kappa shape index (κ2) is 7.05. The van der Waals surface area contributed by atoms with Gasteiger partial charge in [0.1, 0.15) is 4.70 Å². The van der Waals surface area contributed by atoms with E-state index >= 15 is 0 Å². The summed E-state index contributed by atoms with van der Waals surface area (Å²) in [6.07, 6.45) is 3.98. The molecule has 0 bridgehead atoms. The fourth-order valence-corrected chi connectivity index (χ4v) is 4.73. The largest absolute Gasteiger partial charge is 0.353 e. The molecule has 2 aromatic heterocycles. The number of nitrogens with one attached hydrogen (secondary N) is 2. The molecule has 1 amide bonds. The molecule has 28 heavy (non-hydrogen) atoms. The fraction of sp³-hybridized carbons (Fsp3) is 0.381. The van der Waals surface area contributed by atoms with E-state index in [1.165, 1.54) is 11.3 Å². The lowest BCUT2D eigenvalue weighted by molar-refractivity contribution is -0.125. The van der Waals surface area contributed by atoms with Crippen LogP contribution in [0.25, 0.3) is 21.3 Å². The van der Waals surface area contributed by atoms with Crippen LogP contribution in [0.15, 0.2) is 40.5 Å². The molecule has 2 fully saturated rings. The van der Waals surface area contributed by atoms with Crippen LogP contribution in [0.1, 0.15) is 25.7 Å². The Morgan fingerprint density at radius 3 is 2.82 bits per heavy atom. The van der Waals surface area contributed by atoms with Crippen molar-refractivity contribution in [2.45, 2.75) is 31.7 Å². The first-order chi connectivity index (χ1) is 13.7. The van der Waals surface area contributed by atoms with Gasteiger partial charge in [-0.25, -0.2) is 4.98 Å². The minimum absolute atomic E-state index is 0.0496. The Morgan fingerprint density at radius 1 is 1.21 bits per heavy atom. The third kappa shape index (κ3) is 3.30. The summed E-state index contributed by atoms with van der Waals surface area (Å²) in [6, 6.07) is 10.4. The lowest BCUT2D eigenvalue weighted by atomic mass is 9.97. The average Bonchev–Trinajstić information content (AvgIpc) is 3.43. The maximum atomic E-state index is 12.7. The molecular formula is C21H22N4O2S. The van der Waals surface area contributed by atoms with Crippen LogP contribution < -0.4 is 15.8 Å². The number of rotatable bonds is 4. The highest BCUT2D eigenvalue weighted by Gasteiger charge is 2.31. The summed E-state index contributed by atoms with van der Waals surface area (Å²) in [5.41, 5.74) is 2.65. The number of aromatic nitrogens is 2. The predicted octanol–water partition coefficient (Wildman–Crippen LogP) is 3.15. The molecule has 5 rings (SSSR count). The topological polar surface area (TPSA) is 78.1 Å². The number of amides is 1. The molecule has 1 aliphatic heterocycles. The number of thiophene rings is 1. The van der Waals surface area contributed by atoms with Crippen molar-refractivity contribution in [3.63, 3.8) is 0 Å². The Morgan fingerprint density at radius 2 is 2.04 bits per heavy atom. The Bertz CT molecular complexity index is 1070. The van der Waals surface area contributed by atoms with Crippen molar-refractivity contribution in [2.75, 3.05) is 18.0 Å². The number of carbonyl (C=O) groups excluding carboxylic acids is 1. The van der Waals surface area contributed by atoms with Crippen LogP contribution in [-0.2, 0) is 4.79 Å². The molecule has 2 aliphatic rings. The molecule has 144 valence electrons. The molecule has 6 nitrogen and oxygen atoms in total. The summed E-state index contributed by atoms with van der Waals surface area (Å²) in [6.45, 7) is 1.39. The second-order valence-electron chi connectivity index (χ2n) is 7.65. The van der Waals surface area contributed by atoms with Crippen LogP contribution in [0.4, 0.5) is 5.95 Å².